The van der Waals surface area contributed by atoms with Gasteiger partial charge in [-0.2, -0.15) is 0 Å². The zero-order chi connectivity index (χ0) is 13.6. The Labute approximate surface area is 73.7 Å². The molecule has 1 atom stereocenters. The third-order valence-corrected chi connectivity index (χ3v) is 0.662. The van der Waals surface area contributed by atoms with Crippen LogP contribution in [-0.4, -0.2) is 49.3 Å². The maximum atomic E-state index is 10.5. The van der Waals surface area contributed by atoms with Crippen molar-refractivity contribution in [2.45, 2.75) is 12.5 Å². The minimum absolute atomic E-state index is 0.639. The molecule has 0 aliphatic carbocycles. The lowest BCUT2D eigenvalue weighted by molar-refractivity contribution is -0.873. The van der Waals surface area contributed by atoms with Gasteiger partial charge in [-0.3, -0.25) is 0 Å². The third kappa shape index (κ3) is 7.29. The van der Waals surface area contributed by atoms with Gasteiger partial charge in [0, 0.05) is 15.1 Å². The van der Waals surface area contributed by atoms with E-state index < -0.39 is 29.4 Å². The highest BCUT2D eigenvalue weighted by Gasteiger charge is 2.14. The third-order valence-electron chi connectivity index (χ3n) is 0.662. The molecule has 66 valence electrons. The van der Waals surface area contributed by atoms with Gasteiger partial charge in [-0.05, 0) is 0 Å². The van der Waals surface area contributed by atoms with Crippen LogP contribution in [0.1, 0.15) is 13.2 Å². The Morgan fingerprint density at radius 3 is 2.55 bits per heavy atom. The number of nitrogens with zero attached hydrogens (tertiary/aromatic N) is 1. The Hall–Kier alpha value is -0.610. The summed E-state index contributed by atoms with van der Waals surface area (Å²) in [7, 11) is 3.81. The van der Waals surface area contributed by atoms with Crippen LogP contribution in [0, 0.1) is 0 Å². The van der Waals surface area contributed by atoms with Gasteiger partial charge in [0.1, 0.15) is 12.6 Å². The Kier molecular flexibility index (Phi) is 1.48. The lowest BCUT2D eigenvalue weighted by Crippen LogP contribution is -2.43. The average Bonchev–Trinajstić information content (AvgIpc) is 2.00. The molecule has 0 aliphatic heterocycles. The predicted molar refractivity (Wildman–Crippen MR) is 38.5 cm³/mol. The lowest BCUT2D eigenvalue weighted by atomic mass is 10.2. The fourth-order valence-corrected chi connectivity index (χ4v) is 0.442. The summed E-state index contributed by atoms with van der Waals surface area (Å²) in [4.78, 5) is 10.5. The first kappa shape index (κ1) is 4.42. The fraction of sp³-hybridized carbons (Fsp3) is 0.857. The van der Waals surface area contributed by atoms with Gasteiger partial charge in [0.05, 0.1) is 25.3 Å². The van der Waals surface area contributed by atoms with Crippen LogP contribution in [-0.2, 0) is 4.79 Å². The molecule has 0 aromatic rings. The molecule has 0 saturated carbocycles. The first-order chi connectivity index (χ1) is 6.69. The van der Waals surface area contributed by atoms with Crippen LogP contribution in [0.15, 0.2) is 0 Å². The van der Waals surface area contributed by atoms with Gasteiger partial charge in [0.2, 0.25) is 0 Å². The molecule has 0 rings (SSSR count). The SMILES string of the molecule is [2H]C([2H])(C(=O)[O-])[C@]([2H])(O)C([2H])([2H])[N+](C)(C)C. The minimum atomic E-state index is -3.53. The second kappa shape index (κ2) is 3.69. The average molecular weight is 166 g/mol. The Morgan fingerprint density at radius 2 is 2.27 bits per heavy atom. The van der Waals surface area contributed by atoms with Crippen LogP contribution in [0.3, 0.4) is 0 Å². The Balaban J connectivity index is 5.62. The van der Waals surface area contributed by atoms with Gasteiger partial charge in [0.15, 0.2) is 0 Å². The summed E-state index contributed by atoms with van der Waals surface area (Å²) in [6.45, 7) is -2.84. The summed E-state index contributed by atoms with van der Waals surface area (Å²) in [5, 5.41) is 20.1. The highest BCUT2D eigenvalue weighted by atomic mass is 16.4. The van der Waals surface area contributed by atoms with Crippen molar-refractivity contribution in [3.8, 4) is 0 Å². The summed E-state index contributed by atoms with van der Waals surface area (Å²) >= 11 is 0. The van der Waals surface area contributed by atoms with E-state index in [9.17, 15) is 15.0 Å². The quantitative estimate of drug-likeness (QED) is 0.501. The standard InChI is InChI=1S/C7H15NO3/c1-8(2,3)5-6(9)4-7(10)11/h6,9H,4-5H2,1-3H3/t6-/m0/s1/i4D2,5D2,6D. The van der Waals surface area contributed by atoms with Gasteiger partial charge in [-0.15, -0.1) is 0 Å². The van der Waals surface area contributed by atoms with Gasteiger partial charge in [-0.25, -0.2) is 0 Å². The summed E-state index contributed by atoms with van der Waals surface area (Å²) in [6.07, 6.45) is -7.00. The normalized spacial score (nSPS) is 26.7. The number of carboxylic acids is 1. The van der Waals surface area contributed by atoms with E-state index in [1.54, 1.807) is 0 Å². The summed E-state index contributed by atoms with van der Waals surface area (Å²) < 4.78 is 35.7. The number of carbonyl (C=O) groups excluding carboxylic acids is 1. The summed E-state index contributed by atoms with van der Waals surface area (Å²) in [5.74, 6) is -2.33. The molecule has 0 heterocycles. The van der Waals surface area contributed by atoms with E-state index in [-0.39, 0.29) is 0 Å². The highest BCUT2D eigenvalue weighted by molar-refractivity contribution is 5.64. The van der Waals surface area contributed by atoms with Crippen molar-refractivity contribution in [1.29, 1.82) is 0 Å². The van der Waals surface area contributed by atoms with E-state index >= 15 is 0 Å². The molecule has 1 N–H and O–H groups in total. The zero-order valence-corrected chi connectivity index (χ0v) is 6.71. The molecule has 0 bridgehead atoms. The maximum Gasteiger partial charge on any atom is 0.108 e. The van der Waals surface area contributed by atoms with Gasteiger partial charge in [-0.1, -0.05) is 0 Å². The molecular weight excluding hydrogens is 146 g/mol. The highest BCUT2D eigenvalue weighted by Crippen LogP contribution is 1.97. The van der Waals surface area contributed by atoms with Crippen molar-refractivity contribution in [3.05, 3.63) is 0 Å². The van der Waals surface area contributed by atoms with E-state index in [1.165, 1.54) is 21.1 Å². The second-order valence-corrected chi connectivity index (χ2v) is 2.89. The molecule has 0 aromatic heterocycles. The van der Waals surface area contributed by atoms with E-state index in [2.05, 4.69) is 0 Å². The molecular formula is C7H15NO3. The monoisotopic (exact) mass is 166 g/mol. The van der Waals surface area contributed by atoms with E-state index in [1.807, 2.05) is 0 Å². The van der Waals surface area contributed by atoms with Crippen molar-refractivity contribution in [1.82, 2.24) is 0 Å². The molecule has 0 fully saturated rings. The lowest BCUT2D eigenvalue weighted by Gasteiger charge is -2.26. The van der Waals surface area contributed by atoms with Crippen LogP contribution in [0.25, 0.3) is 0 Å². The predicted octanol–water partition coefficient (Wildman–Crippen LogP) is -1.81. The number of likely N-dealkylation sites (N-methyl/N-ethyl adjacent to an activating group) is 1. The van der Waals surface area contributed by atoms with Gasteiger partial charge < -0.3 is 19.5 Å². The van der Waals surface area contributed by atoms with Crippen LogP contribution in [0.5, 0.6) is 0 Å². The molecule has 11 heavy (non-hydrogen) atoms. The van der Waals surface area contributed by atoms with Gasteiger partial charge in [0.25, 0.3) is 0 Å². The molecule has 0 aromatic carbocycles. The largest absolute Gasteiger partial charge is 0.550 e. The van der Waals surface area contributed by atoms with Crippen molar-refractivity contribution < 1.29 is 26.3 Å². The van der Waals surface area contributed by atoms with Crippen LogP contribution < -0.4 is 5.11 Å². The molecule has 0 spiro atoms. The zero-order valence-electron chi connectivity index (χ0n) is 11.7. The van der Waals surface area contributed by atoms with E-state index in [4.69, 9.17) is 6.85 Å². The minimum Gasteiger partial charge on any atom is -0.550 e. The molecule has 0 saturated heterocycles. The van der Waals surface area contributed by atoms with E-state index in [0.717, 1.165) is 0 Å². The van der Waals surface area contributed by atoms with Crippen LogP contribution >= 0.6 is 0 Å². The molecule has 0 unspecified atom stereocenters. The fourth-order valence-electron chi connectivity index (χ4n) is 0.442. The van der Waals surface area contributed by atoms with Crippen molar-refractivity contribution in [2.24, 2.45) is 0 Å². The smallest absolute Gasteiger partial charge is 0.108 e. The van der Waals surface area contributed by atoms with Crippen molar-refractivity contribution >= 4 is 5.97 Å². The van der Waals surface area contributed by atoms with Crippen LogP contribution in [0.4, 0.5) is 0 Å². The number of rotatable bonds is 4. The molecule has 0 radical (unpaired) electrons. The molecule has 4 heteroatoms. The molecule has 0 amide bonds. The Morgan fingerprint density at radius 1 is 1.82 bits per heavy atom. The maximum absolute atomic E-state index is 10.5. The number of hydrogen-bond donors (Lipinski definition) is 1. The number of carboxylic acid groups (broad SMARTS) is 1. The number of quaternary nitrogens is 1. The number of carbonyl (C=O) groups is 1. The molecule has 4 nitrogen and oxygen atoms in total. The number of aliphatic hydroxyl groups is 1. The summed E-state index contributed by atoms with van der Waals surface area (Å²) in [6, 6.07) is 0. The van der Waals surface area contributed by atoms with Gasteiger partial charge >= 0.3 is 0 Å². The number of hydrogen-bond acceptors (Lipinski definition) is 3. The van der Waals surface area contributed by atoms with Crippen molar-refractivity contribution in [2.75, 3.05) is 27.6 Å². The molecule has 0 aliphatic rings. The first-order valence-electron chi connectivity index (χ1n) is 5.45. The topological polar surface area (TPSA) is 60.4 Å². The van der Waals surface area contributed by atoms with Crippen LogP contribution in [0.2, 0.25) is 0 Å². The summed E-state index contributed by atoms with van der Waals surface area (Å²) in [5.41, 5.74) is 0. The first-order valence-corrected chi connectivity index (χ1v) is 2.95. The van der Waals surface area contributed by atoms with Crippen molar-refractivity contribution in [3.63, 3.8) is 0 Å². The second-order valence-electron chi connectivity index (χ2n) is 2.89. The van der Waals surface area contributed by atoms with E-state index in [0.29, 0.717) is 0 Å². The Bertz CT molecular complexity index is 297. The number of aliphatic carboxylic acids is 1.